The van der Waals surface area contributed by atoms with Gasteiger partial charge in [-0.3, -0.25) is 10.1 Å². The first kappa shape index (κ1) is 17.1. The molecule has 0 atom stereocenters. The van der Waals surface area contributed by atoms with Gasteiger partial charge in [0, 0.05) is 19.7 Å². The summed E-state index contributed by atoms with van der Waals surface area (Å²) in [6.07, 6.45) is 2.75. The highest BCUT2D eigenvalue weighted by atomic mass is 16.6. The van der Waals surface area contributed by atoms with Crippen LogP contribution in [-0.2, 0) is 4.74 Å². The number of anilines is 2. The third-order valence-corrected chi connectivity index (χ3v) is 2.49. The van der Waals surface area contributed by atoms with Crippen molar-refractivity contribution < 1.29 is 14.8 Å². The van der Waals surface area contributed by atoms with Crippen LogP contribution >= 0.6 is 0 Å². The zero-order valence-corrected chi connectivity index (χ0v) is 12.0. The molecule has 0 aliphatic carbocycles. The van der Waals surface area contributed by atoms with Gasteiger partial charge in [-0.05, 0) is 12.8 Å². The molecule has 0 bridgehead atoms. The topological polar surface area (TPSA) is 122 Å². The molecule has 0 spiro atoms. The molecule has 0 aromatic carbocycles. The summed E-state index contributed by atoms with van der Waals surface area (Å²) in [4.78, 5) is 18.4. The first-order valence-electron chi connectivity index (χ1n) is 6.86. The summed E-state index contributed by atoms with van der Waals surface area (Å²) >= 11 is 0. The second-order valence-electron chi connectivity index (χ2n) is 4.23. The Morgan fingerprint density at radius 3 is 2.86 bits per heavy atom. The number of hydrogen-bond acceptors (Lipinski definition) is 8. The van der Waals surface area contributed by atoms with E-state index in [4.69, 9.17) is 9.84 Å². The Bertz CT molecular complexity index is 444. The van der Waals surface area contributed by atoms with Gasteiger partial charge in [-0.15, -0.1) is 0 Å². The number of aliphatic hydroxyl groups is 1. The van der Waals surface area contributed by atoms with Crippen LogP contribution in [0.3, 0.4) is 0 Å². The standard InChI is InChI=1S/C12H21N5O4/c1-2-4-14-12-15-9-10(17(19)20)11(16-12)13-5-3-7-21-8-6-18/h9,18H,2-8H2,1H3,(H2,13,14,15,16). The van der Waals surface area contributed by atoms with E-state index in [9.17, 15) is 10.1 Å². The van der Waals surface area contributed by atoms with Gasteiger partial charge in [-0.1, -0.05) is 6.92 Å². The van der Waals surface area contributed by atoms with Crippen LogP contribution in [0.15, 0.2) is 6.20 Å². The SMILES string of the molecule is CCCNc1ncc([N+](=O)[O-])c(NCCCOCCO)n1. The minimum atomic E-state index is -0.520. The molecule has 0 fully saturated rings. The number of nitro groups is 1. The Labute approximate surface area is 122 Å². The van der Waals surface area contributed by atoms with E-state index in [1.165, 1.54) is 6.20 Å². The van der Waals surface area contributed by atoms with E-state index in [0.29, 0.717) is 38.7 Å². The van der Waals surface area contributed by atoms with Crippen molar-refractivity contribution in [2.24, 2.45) is 0 Å². The highest BCUT2D eigenvalue weighted by Gasteiger charge is 2.16. The summed E-state index contributed by atoms with van der Waals surface area (Å²) in [7, 11) is 0. The Morgan fingerprint density at radius 2 is 2.19 bits per heavy atom. The molecule has 9 heteroatoms. The van der Waals surface area contributed by atoms with Gasteiger partial charge in [0.2, 0.25) is 11.8 Å². The van der Waals surface area contributed by atoms with Crippen LogP contribution in [0.25, 0.3) is 0 Å². The van der Waals surface area contributed by atoms with Crippen molar-refractivity contribution >= 4 is 17.5 Å². The average molecular weight is 299 g/mol. The van der Waals surface area contributed by atoms with Gasteiger partial charge in [-0.2, -0.15) is 4.98 Å². The third-order valence-electron chi connectivity index (χ3n) is 2.49. The van der Waals surface area contributed by atoms with Crippen LogP contribution in [0.4, 0.5) is 17.5 Å². The van der Waals surface area contributed by atoms with E-state index in [0.717, 1.165) is 6.42 Å². The molecule has 0 unspecified atom stereocenters. The molecule has 1 heterocycles. The van der Waals surface area contributed by atoms with Crippen molar-refractivity contribution in [3.8, 4) is 0 Å². The molecule has 0 saturated carbocycles. The number of aliphatic hydroxyl groups excluding tert-OH is 1. The number of hydrogen-bond donors (Lipinski definition) is 3. The Kier molecular flexibility index (Phi) is 7.99. The second-order valence-corrected chi connectivity index (χ2v) is 4.23. The predicted molar refractivity (Wildman–Crippen MR) is 78.5 cm³/mol. The van der Waals surface area contributed by atoms with Crippen LogP contribution in [0.2, 0.25) is 0 Å². The molecule has 1 aromatic rings. The van der Waals surface area contributed by atoms with E-state index >= 15 is 0 Å². The van der Waals surface area contributed by atoms with Crippen molar-refractivity contribution in [2.75, 3.05) is 43.5 Å². The molecule has 0 saturated heterocycles. The van der Waals surface area contributed by atoms with Gasteiger partial charge in [0.1, 0.15) is 6.20 Å². The lowest BCUT2D eigenvalue weighted by atomic mass is 10.4. The number of rotatable bonds is 11. The van der Waals surface area contributed by atoms with E-state index in [-0.39, 0.29) is 18.1 Å². The third kappa shape index (κ3) is 6.32. The quantitative estimate of drug-likeness (QED) is 0.314. The summed E-state index contributed by atoms with van der Waals surface area (Å²) < 4.78 is 5.11. The maximum absolute atomic E-state index is 10.9. The Morgan fingerprint density at radius 1 is 1.38 bits per heavy atom. The van der Waals surface area contributed by atoms with Gasteiger partial charge in [0.25, 0.3) is 0 Å². The first-order chi connectivity index (χ1) is 10.2. The Hall–Kier alpha value is -2.00. The summed E-state index contributed by atoms with van der Waals surface area (Å²) in [6, 6.07) is 0. The van der Waals surface area contributed by atoms with Gasteiger partial charge >= 0.3 is 5.69 Å². The van der Waals surface area contributed by atoms with Crippen molar-refractivity contribution in [1.29, 1.82) is 0 Å². The van der Waals surface area contributed by atoms with Gasteiger partial charge in [0.05, 0.1) is 18.1 Å². The van der Waals surface area contributed by atoms with Crippen molar-refractivity contribution in [1.82, 2.24) is 9.97 Å². The number of nitrogens with one attached hydrogen (secondary N) is 2. The summed E-state index contributed by atoms with van der Waals surface area (Å²) in [5.41, 5.74) is -0.159. The second kappa shape index (κ2) is 9.83. The molecule has 0 aliphatic rings. The average Bonchev–Trinajstić information content (AvgIpc) is 2.48. The van der Waals surface area contributed by atoms with Gasteiger partial charge in [-0.25, -0.2) is 4.98 Å². The molecular formula is C12H21N5O4. The van der Waals surface area contributed by atoms with Crippen LogP contribution < -0.4 is 10.6 Å². The van der Waals surface area contributed by atoms with Crippen LogP contribution in [-0.4, -0.2) is 52.9 Å². The van der Waals surface area contributed by atoms with E-state index in [1.54, 1.807) is 0 Å². The molecule has 1 aromatic heterocycles. The summed E-state index contributed by atoms with van der Waals surface area (Å²) in [5.74, 6) is 0.553. The molecular weight excluding hydrogens is 278 g/mol. The maximum Gasteiger partial charge on any atom is 0.329 e. The predicted octanol–water partition coefficient (Wildman–Crippen LogP) is 1.02. The fourth-order valence-electron chi connectivity index (χ4n) is 1.51. The molecule has 0 amide bonds. The largest absolute Gasteiger partial charge is 0.394 e. The normalized spacial score (nSPS) is 10.4. The molecule has 3 N–H and O–H groups in total. The number of nitrogens with zero attached hydrogens (tertiary/aromatic N) is 3. The van der Waals surface area contributed by atoms with E-state index in [1.807, 2.05) is 6.92 Å². The van der Waals surface area contributed by atoms with Crippen molar-refractivity contribution in [3.63, 3.8) is 0 Å². The van der Waals surface area contributed by atoms with E-state index in [2.05, 4.69) is 20.6 Å². The highest BCUT2D eigenvalue weighted by molar-refractivity contribution is 5.56. The highest BCUT2D eigenvalue weighted by Crippen LogP contribution is 2.21. The van der Waals surface area contributed by atoms with Crippen molar-refractivity contribution in [3.05, 3.63) is 16.3 Å². The zero-order chi connectivity index (χ0) is 15.5. The monoisotopic (exact) mass is 299 g/mol. The lowest BCUT2D eigenvalue weighted by molar-refractivity contribution is -0.384. The van der Waals surface area contributed by atoms with Crippen LogP contribution in [0, 0.1) is 10.1 Å². The zero-order valence-electron chi connectivity index (χ0n) is 12.0. The number of aromatic nitrogens is 2. The Balaban J connectivity index is 2.57. The smallest absolute Gasteiger partial charge is 0.329 e. The maximum atomic E-state index is 10.9. The number of ether oxygens (including phenoxy) is 1. The minimum Gasteiger partial charge on any atom is -0.394 e. The van der Waals surface area contributed by atoms with Crippen LogP contribution in [0.5, 0.6) is 0 Å². The molecule has 118 valence electrons. The summed E-state index contributed by atoms with van der Waals surface area (Å²) in [5, 5.41) is 25.4. The fraction of sp³-hybridized carbons (Fsp3) is 0.667. The fourth-order valence-corrected chi connectivity index (χ4v) is 1.51. The van der Waals surface area contributed by atoms with Crippen molar-refractivity contribution in [2.45, 2.75) is 19.8 Å². The van der Waals surface area contributed by atoms with Crippen LogP contribution in [0.1, 0.15) is 19.8 Å². The van der Waals surface area contributed by atoms with Gasteiger partial charge < -0.3 is 20.5 Å². The van der Waals surface area contributed by atoms with E-state index < -0.39 is 4.92 Å². The molecule has 21 heavy (non-hydrogen) atoms. The lowest BCUT2D eigenvalue weighted by Crippen LogP contribution is -2.12. The van der Waals surface area contributed by atoms with Gasteiger partial charge in [0.15, 0.2) is 0 Å². The molecule has 0 radical (unpaired) electrons. The minimum absolute atomic E-state index is 0.0166. The first-order valence-corrected chi connectivity index (χ1v) is 6.86. The lowest BCUT2D eigenvalue weighted by Gasteiger charge is -2.08. The molecule has 0 aliphatic heterocycles. The molecule has 1 rings (SSSR count). The summed E-state index contributed by atoms with van der Waals surface area (Å²) in [6.45, 7) is 3.93. The molecule has 9 nitrogen and oxygen atoms in total.